The summed E-state index contributed by atoms with van der Waals surface area (Å²) in [5.41, 5.74) is 1.28. The second-order valence-electron chi connectivity index (χ2n) is 4.77. The smallest absolute Gasteiger partial charge is 0.148 e. The van der Waals surface area contributed by atoms with Crippen LogP contribution in [0.5, 0.6) is 0 Å². The average Bonchev–Trinajstić information content (AvgIpc) is 2.71. The monoisotopic (exact) mass is 237 g/mol. The Bertz CT molecular complexity index is 342. The highest BCUT2D eigenvalue weighted by atomic mass is 16.5. The van der Waals surface area contributed by atoms with Gasteiger partial charge in [0.2, 0.25) is 0 Å². The fourth-order valence-electron chi connectivity index (χ4n) is 2.36. The standard InChI is InChI=1S/C13H23N3O/c1-3-12-10-13(15-16(12)2)14-7-4-11-5-8-17-9-6-11/h10-11H,3-9H2,1-2H3,(H,14,15). The molecule has 4 heteroatoms. The summed E-state index contributed by atoms with van der Waals surface area (Å²) in [6.45, 7) is 5.05. The molecule has 0 radical (unpaired) electrons. The van der Waals surface area contributed by atoms with Gasteiger partial charge in [-0.2, -0.15) is 5.10 Å². The number of rotatable bonds is 5. The second kappa shape index (κ2) is 6.05. The maximum atomic E-state index is 5.36. The Morgan fingerprint density at radius 2 is 2.24 bits per heavy atom. The number of ether oxygens (including phenoxy) is 1. The summed E-state index contributed by atoms with van der Waals surface area (Å²) < 4.78 is 7.32. The van der Waals surface area contributed by atoms with E-state index in [1.54, 1.807) is 0 Å². The van der Waals surface area contributed by atoms with E-state index < -0.39 is 0 Å². The fourth-order valence-corrected chi connectivity index (χ4v) is 2.36. The van der Waals surface area contributed by atoms with Crippen molar-refractivity contribution in [3.63, 3.8) is 0 Å². The minimum atomic E-state index is 0.825. The van der Waals surface area contributed by atoms with Crippen LogP contribution in [0.25, 0.3) is 0 Å². The Kier molecular flexibility index (Phi) is 4.42. The van der Waals surface area contributed by atoms with Gasteiger partial charge in [-0.05, 0) is 31.6 Å². The van der Waals surface area contributed by atoms with Crippen molar-refractivity contribution in [1.29, 1.82) is 0 Å². The highest BCUT2D eigenvalue weighted by Gasteiger charge is 2.13. The first-order valence-electron chi connectivity index (χ1n) is 6.64. The second-order valence-corrected chi connectivity index (χ2v) is 4.77. The molecule has 0 bridgehead atoms. The van der Waals surface area contributed by atoms with Crippen molar-refractivity contribution in [2.45, 2.75) is 32.6 Å². The summed E-state index contributed by atoms with van der Waals surface area (Å²) in [6, 6.07) is 2.14. The van der Waals surface area contributed by atoms with E-state index in [9.17, 15) is 0 Å². The molecule has 0 amide bonds. The van der Waals surface area contributed by atoms with Crippen molar-refractivity contribution >= 4 is 5.82 Å². The van der Waals surface area contributed by atoms with Crippen LogP contribution in [-0.2, 0) is 18.2 Å². The van der Waals surface area contributed by atoms with E-state index in [1.165, 1.54) is 25.0 Å². The van der Waals surface area contributed by atoms with E-state index in [2.05, 4.69) is 23.4 Å². The SMILES string of the molecule is CCc1cc(NCCC2CCOCC2)nn1C. The number of aromatic nitrogens is 2. The maximum Gasteiger partial charge on any atom is 0.148 e. The third-order valence-electron chi connectivity index (χ3n) is 3.54. The summed E-state index contributed by atoms with van der Waals surface area (Å²) in [5.74, 6) is 1.84. The Hall–Kier alpha value is -1.03. The van der Waals surface area contributed by atoms with E-state index in [0.717, 1.165) is 37.9 Å². The molecule has 0 atom stereocenters. The lowest BCUT2D eigenvalue weighted by molar-refractivity contribution is 0.0649. The van der Waals surface area contributed by atoms with E-state index in [1.807, 2.05) is 11.7 Å². The Morgan fingerprint density at radius 3 is 2.88 bits per heavy atom. The summed E-state index contributed by atoms with van der Waals surface area (Å²) in [4.78, 5) is 0. The van der Waals surface area contributed by atoms with Gasteiger partial charge in [0.1, 0.15) is 5.82 Å². The van der Waals surface area contributed by atoms with Crippen LogP contribution in [0.2, 0.25) is 0 Å². The number of hydrogen-bond donors (Lipinski definition) is 1. The van der Waals surface area contributed by atoms with Crippen LogP contribution in [0.1, 0.15) is 31.9 Å². The Morgan fingerprint density at radius 1 is 1.47 bits per heavy atom. The molecule has 4 nitrogen and oxygen atoms in total. The van der Waals surface area contributed by atoms with Crippen LogP contribution in [-0.4, -0.2) is 29.5 Å². The lowest BCUT2D eigenvalue weighted by Crippen LogP contribution is -2.18. The van der Waals surface area contributed by atoms with Gasteiger partial charge in [0.15, 0.2) is 0 Å². The summed E-state index contributed by atoms with van der Waals surface area (Å²) in [5, 5.41) is 7.86. The van der Waals surface area contributed by atoms with E-state index in [4.69, 9.17) is 4.74 Å². The molecule has 1 fully saturated rings. The first-order chi connectivity index (χ1) is 8.29. The third-order valence-corrected chi connectivity index (χ3v) is 3.54. The maximum absolute atomic E-state index is 5.36. The molecule has 2 heterocycles. The summed E-state index contributed by atoms with van der Waals surface area (Å²) >= 11 is 0. The Balaban J connectivity index is 1.73. The molecule has 0 aliphatic carbocycles. The molecule has 0 unspecified atom stereocenters. The minimum Gasteiger partial charge on any atom is -0.381 e. The zero-order chi connectivity index (χ0) is 12.1. The lowest BCUT2D eigenvalue weighted by Gasteiger charge is -2.21. The quantitative estimate of drug-likeness (QED) is 0.853. The van der Waals surface area contributed by atoms with Gasteiger partial charge in [-0.1, -0.05) is 6.92 Å². The molecule has 0 aromatic carbocycles. The Labute approximate surface area is 103 Å². The predicted octanol–water partition coefficient (Wildman–Crippen LogP) is 2.21. The molecular weight excluding hydrogens is 214 g/mol. The van der Waals surface area contributed by atoms with Crippen molar-refractivity contribution in [2.75, 3.05) is 25.1 Å². The molecule has 1 aliphatic heterocycles. The van der Waals surface area contributed by atoms with Gasteiger partial charge in [-0.25, -0.2) is 0 Å². The van der Waals surface area contributed by atoms with E-state index in [-0.39, 0.29) is 0 Å². The molecule has 1 aliphatic rings. The molecule has 2 rings (SSSR count). The molecule has 96 valence electrons. The number of aryl methyl sites for hydroxylation is 2. The highest BCUT2D eigenvalue weighted by Crippen LogP contribution is 2.18. The first-order valence-corrected chi connectivity index (χ1v) is 6.64. The largest absolute Gasteiger partial charge is 0.381 e. The van der Waals surface area contributed by atoms with E-state index >= 15 is 0 Å². The van der Waals surface area contributed by atoms with Gasteiger partial charge < -0.3 is 10.1 Å². The molecule has 0 saturated carbocycles. The van der Waals surface area contributed by atoms with Gasteiger partial charge in [0, 0.05) is 38.6 Å². The first kappa shape index (κ1) is 12.4. The number of nitrogens with one attached hydrogen (secondary N) is 1. The molecular formula is C13H23N3O. The van der Waals surface area contributed by atoms with Gasteiger partial charge in [0.05, 0.1) is 0 Å². The summed E-state index contributed by atoms with van der Waals surface area (Å²) in [6.07, 6.45) is 4.68. The van der Waals surface area contributed by atoms with Crippen LogP contribution in [0, 0.1) is 5.92 Å². The molecule has 1 N–H and O–H groups in total. The molecule has 0 spiro atoms. The number of hydrogen-bond acceptors (Lipinski definition) is 3. The number of anilines is 1. The number of nitrogens with zero attached hydrogens (tertiary/aromatic N) is 2. The average molecular weight is 237 g/mol. The summed E-state index contributed by atoms with van der Waals surface area (Å²) in [7, 11) is 2.00. The lowest BCUT2D eigenvalue weighted by atomic mass is 9.97. The fraction of sp³-hybridized carbons (Fsp3) is 0.769. The topological polar surface area (TPSA) is 39.1 Å². The van der Waals surface area contributed by atoms with Crippen LogP contribution < -0.4 is 5.32 Å². The van der Waals surface area contributed by atoms with Gasteiger partial charge in [0.25, 0.3) is 0 Å². The van der Waals surface area contributed by atoms with Crippen LogP contribution in [0.4, 0.5) is 5.82 Å². The normalized spacial score (nSPS) is 17.3. The molecule has 1 aromatic heterocycles. The van der Waals surface area contributed by atoms with Crippen LogP contribution >= 0.6 is 0 Å². The van der Waals surface area contributed by atoms with Crippen molar-refractivity contribution < 1.29 is 4.74 Å². The van der Waals surface area contributed by atoms with Gasteiger partial charge in [-0.15, -0.1) is 0 Å². The van der Waals surface area contributed by atoms with Crippen molar-refractivity contribution in [3.05, 3.63) is 11.8 Å². The predicted molar refractivity (Wildman–Crippen MR) is 69.2 cm³/mol. The minimum absolute atomic E-state index is 0.825. The van der Waals surface area contributed by atoms with Crippen molar-refractivity contribution in [3.8, 4) is 0 Å². The third kappa shape index (κ3) is 3.46. The van der Waals surface area contributed by atoms with Crippen LogP contribution in [0.3, 0.4) is 0 Å². The molecule has 1 saturated heterocycles. The molecule has 1 aromatic rings. The molecule has 17 heavy (non-hydrogen) atoms. The highest BCUT2D eigenvalue weighted by molar-refractivity contribution is 5.35. The van der Waals surface area contributed by atoms with Gasteiger partial charge in [-0.3, -0.25) is 4.68 Å². The van der Waals surface area contributed by atoms with Crippen LogP contribution in [0.15, 0.2) is 6.07 Å². The van der Waals surface area contributed by atoms with Crippen molar-refractivity contribution in [1.82, 2.24) is 9.78 Å². The van der Waals surface area contributed by atoms with Crippen molar-refractivity contribution in [2.24, 2.45) is 13.0 Å². The zero-order valence-corrected chi connectivity index (χ0v) is 10.9. The van der Waals surface area contributed by atoms with E-state index in [0.29, 0.717) is 0 Å². The van der Waals surface area contributed by atoms with Gasteiger partial charge >= 0.3 is 0 Å². The zero-order valence-electron chi connectivity index (χ0n) is 10.9.